The van der Waals surface area contributed by atoms with Crippen LogP contribution in [0.3, 0.4) is 0 Å². The number of rotatable bonds is 8. The molecule has 14 nitrogen and oxygen atoms in total. The first-order valence-corrected chi connectivity index (χ1v) is 11.9. The van der Waals surface area contributed by atoms with Gasteiger partial charge in [0.25, 0.3) is 0 Å². The molecule has 1 aliphatic rings. The van der Waals surface area contributed by atoms with Gasteiger partial charge in [0.2, 0.25) is 5.60 Å². The summed E-state index contributed by atoms with van der Waals surface area (Å²) in [5.41, 5.74) is 1.89. The van der Waals surface area contributed by atoms with E-state index >= 15 is 0 Å². The summed E-state index contributed by atoms with van der Waals surface area (Å²) in [4.78, 5) is 25.9. The first kappa shape index (κ1) is 26.0. The molecule has 0 radical (unpaired) electrons. The average molecular weight is 498 g/mol. The maximum absolute atomic E-state index is 12.4. The van der Waals surface area contributed by atoms with Crippen LogP contribution in [0.4, 0.5) is 5.82 Å². The lowest BCUT2D eigenvalue weighted by atomic mass is 9.80. The van der Waals surface area contributed by atoms with E-state index in [0.717, 1.165) is 6.33 Å². The second-order valence-electron chi connectivity index (χ2n) is 8.36. The lowest BCUT2D eigenvalue weighted by Crippen LogP contribution is -2.52. The van der Waals surface area contributed by atoms with Crippen LogP contribution in [-0.2, 0) is 29.0 Å². The van der Waals surface area contributed by atoms with Crippen LogP contribution in [0.25, 0.3) is 5.52 Å². The van der Waals surface area contributed by atoms with Crippen molar-refractivity contribution >= 4 is 25.1 Å². The van der Waals surface area contributed by atoms with Crippen LogP contribution in [0.5, 0.6) is 0 Å². The number of nitrogen functional groups attached to an aromatic ring is 1. The summed E-state index contributed by atoms with van der Waals surface area (Å²) in [6.07, 6.45) is -2.39. The molecule has 1 aliphatic heterocycles. The zero-order valence-corrected chi connectivity index (χ0v) is 19.8. The smallest absolute Gasteiger partial charge is 0.403 e. The number of anilines is 1. The Morgan fingerprint density at radius 3 is 2.76 bits per heavy atom. The van der Waals surface area contributed by atoms with E-state index in [4.69, 9.17) is 19.7 Å². The average Bonchev–Trinajstić information content (AvgIpc) is 3.25. The molecule has 0 aromatic carbocycles. The van der Waals surface area contributed by atoms with Gasteiger partial charge in [-0.1, -0.05) is 0 Å². The standard InChI is InChI=1S/C19H27N6O8P/c1-10(2)32-17(27)11(3)24-34(29,30)31-7-13-15(26)18(4,28)19(8-20,33-13)14-6-5-12-16(21)22-9-23-25(12)14/h5-6,9-11,13,15,26,28H,7H2,1-4H3,(H2,21,22,23)(H2,24,29,30)/t11-,13+,15+,18+,19-/m0/s1. The number of ether oxygens (including phenoxy) is 2. The van der Waals surface area contributed by atoms with Gasteiger partial charge in [-0.15, -0.1) is 0 Å². The summed E-state index contributed by atoms with van der Waals surface area (Å²) >= 11 is 0. The Balaban J connectivity index is 1.81. The van der Waals surface area contributed by atoms with Crippen molar-refractivity contribution < 1.29 is 38.5 Å². The number of aromatic nitrogens is 3. The number of nitriles is 1. The van der Waals surface area contributed by atoms with Gasteiger partial charge in [-0.25, -0.2) is 19.2 Å². The van der Waals surface area contributed by atoms with E-state index < -0.39 is 55.9 Å². The topological polar surface area (TPSA) is 215 Å². The third-order valence-electron chi connectivity index (χ3n) is 5.44. The summed E-state index contributed by atoms with van der Waals surface area (Å²) in [7, 11) is -4.57. The molecule has 0 amide bonds. The third-order valence-corrected chi connectivity index (χ3v) is 6.66. The lowest BCUT2D eigenvalue weighted by Gasteiger charge is -2.33. The minimum absolute atomic E-state index is 0.0565. The molecule has 0 aliphatic carbocycles. The zero-order valence-electron chi connectivity index (χ0n) is 18.9. The van der Waals surface area contributed by atoms with Crippen LogP contribution in [0.2, 0.25) is 0 Å². The molecule has 3 rings (SSSR count). The number of hydrogen-bond acceptors (Lipinski definition) is 11. The van der Waals surface area contributed by atoms with E-state index in [1.54, 1.807) is 13.8 Å². The van der Waals surface area contributed by atoms with E-state index in [2.05, 4.69) is 15.2 Å². The molecular weight excluding hydrogens is 471 g/mol. The second-order valence-corrected chi connectivity index (χ2v) is 9.91. The van der Waals surface area contributed by atoms with Gasteiger partial charge < -0.3 is 30.3 Å². The molecule has 2 aromatic rings. The minimum Gasteiger partial charge on any atom is -0.462 e. The minimum atomic E-state index is -4.57. The highest BCUT2D eigenvalue weighted by atomic mass is 31.2. The number of esters is 1. The number of aliphatic hydroxyl groups is 2. The van der Waals surface area contributed by atoms with Crippen LogP contribution >= 0.6 is 7.75 Å². The van der Waals surface area contributed by atoms with Gasteiger partial charge in [-0.2, -0.15) is 10.4 Å². The van der Waals surface area contributed by atoms with Crippen molar-refractivity contribution in [3.05, 3.63) is 24.2 Å². The molecule has 2 aromatic heterocycles. The van der Waals surface area contributed by atoms with Crippen molar-refractivity contribution in [1.82, 2.24) is 19.7 Å². The summed E-state index contributed by atoms with van der Waals surface area (Å²) in [6.45, 7) is 5.05. The fraction of sp³-hybridized carbons (Fsp3) is 0.579. The molecule has 0 bridgehead atoms. The Labute approximate surface area is 194 Å². The Bertz CT molecular complexity index is 1160. The predicted octanol–water partition coefficient (Wildman–Crippen LogP) is -0.412. The number of carbonyl (C=O) groups is 1. The molecule has 15 heteroatoms. The summed E-state index contributed by atoms with van der Waals surface area (Å²) in [5, 5.41) is 38.1. The number of aliphatic hydroxyl groups excluding tert-OH is 1. The Hall–Kier alpha value is -2.63. The monoisotopic (exact) mass is 498 g/mol. The summed E-state index contributed by atoms with van der Waals surface area (Å²) < 4.78 is 29.4. The number of fused-ring (bicyclic) bond motifs is 1. The molecule has 1 unspecified atom stereocenters. The summed E-state index contributed by atoms with van der Waals surface area (Å²) in [5.74, 6) is -0.650. The zero-order chi connectivity index (χ0) is 25.5. The third kappa shape index (κ3) is 4.51. The molecule has 186 valence electrons. The molecule has 6 atom stereocenters. The van der Waals surface area contributed by atoms with Gasteiger partial charge in [0.05, 0.1) is 18.4 Å². The second kappa shape index (κ2) is 9.20. The molecule has 0 saturated carbocycles. The molecule has 6 N–H and O–H groups in total. The fourth-order valence-corrected chi connectivity index (χ4v) is 4.70. The van der Waals surface area contributed by atoms with Crippen molar-refractivity contribution in [2.24, 2.45) is 0 Å². The first-order valence-electron chi connectivity index (χ1n) is 10.3. The normalized spacial score (nSPS) is 29.6. The van der Waals surface area contributed by atoms with Gasteiger partial charge >= 0.3 is 13.7 Å². The SMILES string of the molecule is CC(C)OC(=O)[C@H](C)NP(=O)(O)OC[C@H]1O[C@@](C#N)(c2ccc3c(N)ncnn23)[C@](C)(O)[C@@H]1O. The lowest BCUT2D eigenvalue weighted by molar-refractivity contribution is -0.149. The van der Waals surface area contributed by atoms with E-state index in [1.807, 2.05) is 6.07 Å². The number of nitrogens with two attached hydrogens (primary N) is 1. The van der Waals surface area contributed by atoms with E-state index in [9.17, 15) is 29.7 Å². The van der Waals surface area contributed by atoms with E-state index in [0.29, 0.717) is 5.52 Å². The molecule has 3 heterocycles. The van der Waals surface area contributed by atoms with Crippen LogP contribution in [0.15, 0.2) is 18.5 Å². The number of nitrogens with zero attached hydrogens (tertiary/aromatic N) is 4. The quantitative estimate of drug-likeness (QED) is 0.231. The fourth-order valence-electron chi connectivity index (χ4n) is 3.69. The Morgan fingerprint density at radius 1 is 1.47 bits per heavy atom. The van der Waals surface area contributed by atoms with Gasteiger partial charge in [0, 0.05) is 0 Å². The Kier molecular flexibility index (Phi) is 7.03. The highest BCUT2D eigenvalue weighted by Crippen LogP contribution is 2.48. The van der Waals surface area contributed by atoms with Crippen molar-refractivity contribution in [3.63, 3.8) is 0 Å². The van der Waals surface area contributed by atoms with Crippen molar-refractivity contribution in [3.8, 4) is 6.07 Å². The van der Waals surface area contributed by atoms with Crippen LogP contribution in [0, 0.1) is 11.3 Å². The van der Waals surface area contributed by atoms with Gasteiger partial charge in [-0.3, -0.25) is 9.32 Å². The highest BCUT2D eigenvalue weighted by Gasteiger charge is 2.65. The van der Waals surface area contributed by atoms with E-state index in [1.165, 1.54) is 30.5 Å². The molecule has 1 saturated heterocycles. The maximum Gasteiger partial charge on any atom is 0.403 e. The van der Waals surface area contributed by atoms with Gasteiger partial charge in [-0.05, 0) is 39.8 Å². The number of hydrogen-bond donors (Lipinski definition) is 5. The first-order chi connectivity index (χ1) is 15.8. The van der Waals surface area contributed by atoms with Crippen LogP contribution in [-0.4, -0.2) is 72.2 Å². The van der Waals surface area contributed by atoms with Gasteiger partial charge in [0.15, 0.2) is 5.82 Å². The summed E-state index contributed by atoms with van der Waals surface area (Å²) in [6, 6.07) is 3.67. The van der Waals surface area contributed by atoms with Crippen molar-refractivity contribution in [2.45, 2.75) is 63.3 Å². The van der Waals surface area contributed by atoms with Crippen molar-refractivity contribution in [2.75, 3.05) is 12.3 Å². The van der Waals surface area contributed by atoms with Gasteiger partial charge in [0.1, 0.15) is 41.8 Å². The van der Waals surface area contributed by atoms with Crippen LogP contribution in [0.1, 0.15) is 33.4 Å². The number of carbonyl (C=O) groups excluding carboxylic acids is 1. The van der Waals surface area contributed by atoms with Crippen molar-refractivity contribution in [1.29, 1.82) is 5.26 Å². The highest BCUT2D eigenvalue weighted by molar-refractivity contribution is 7.50. The Morgan fingerprint density at radius 2 is 2.15 bits per heavy atom. The predicted molar refractivity (Wildman–Crippen MR) is 116 cm³/mol. The molecule has 34 heavy (non-hydrogen) atoms. The van der Waals surface area contributed by atoms with E-state index in [-0.39, 0.29) is 11.5 Å². The largest absolute Gasteiger partial charge is 0.462 e. The maximum atomic E-state index is 12.4. The molecular formula is C19H27N6O8P. The molecule has 1 fully saturated rings. The molecule has 0 spiro atoms. The van der Waals surface area contributed by atoms with Crippen LogP contribution < -0.4 is 10.8 Å². The number of nitrogens with one attached hydrogen (secondary N) is 1.